The summed E-state index contributed by atoms with van der Waals surface area (Å²) in [6.45, 7) is -2.16. The van der Waals surface area contributed by atoms with Gasteiger partial charge in [0.25, 0.3) is 23.2 Å². The lowest BCUT2D eigenvalue weighted by Crippen LogP contribution is -2.36. The van der Waals surface area contributed by atoms with Crippen molar-refractivity contribution >= 4 is 46.7 Å². The van der Waals surface area contributed by atoms with E-state index < -0.39 is 64.9 Å². The molecule has 0 aliphatic carbocycles. The van der Waals surface area contributed by atoms with Crippen molar-refractivity contribution in [3.63, 3.8) is 0 Å². The van der Waals surface area contributed by atoms with E-state index in [1.54, 1.807) is 0 Å². The Morgan fingerprint density at radius 1 is 0.518 bits per heavy atom. The van der Waals surface area contributed by atoms with Gasteiger partial charge in [0.05, 0.1) is 26.5 Å². The van der Waals surface area contributed by atoms with Gasteiger partial charge in [-0.3, -0.25) is 49.1 Å². The molecule has 5 aromatic rings. The van der Waals surface area contributed by atoms with Crippen molar-refractivity contribution in [2.45, 2.75) is 0 Å². The number of benzene rings is 5. The van der Waals surface area contributed by atoms with Crippen LogP contribution in [0.3, 0.4) is 0 Å². The fourth-order valence-corrected chi connectivity index (χ4v) is 5.22. The lowest BCUT2D eigenvalue weighted by molar-refractivity contribution is -0.385. The Morgan fingerprint density at radius 3 is 1.36 bits per heavy atom. The molecule has 1 heterocycles. The molecular formula is C39H25N3O14. The van der Waals surface area contributed by atoms with E-state index in [4.69, 9.17) is 18.9 Å². The van der Waals surface area contributed by atoms with Crippen molar-refractivity contribution in [2.75, 3.05) is 19.8 Å². The first kappa shape index (κ1) is 37.7. The SMILES string of the molecule is O=C(CN1C(=O)c2ccc(C(=O)OCC(=O)c3ccc(Oc4ccc([N+](=O)[O-])cc4)cc3)cc2C1=O)OCC(=O)c1ccc(Oc2ccc([N+](=O)[O-])cc2)cc1. The maximum absolute atomic E-state index is 13.1. The number of hydrogen-bond donors (Lipinski definition) is 0. The van der Waals surface area contributed by atoms with E-state index in [0.717, 1.165) is 6.07 Å². The van der Waals surface area contributed by atoms with Crippen LogP contribution in [0.1, 0.15) is 51.8 Å². The van der Waals surface area contributed by atoms with Crippen LogP contribution in [0.5, 0.6) is 23.0 Å². The number of nitrogens with zero attached hydrogens (tertiary/aromatic N) is 3. The van der Waals surface area contributed by atoms with Crippen molar-refractivity contribution in [1.82, 2.24) is 4.90 Å². The number of imide groups is 1. The number of fused-ring (bicyclic) bond motifs is 1. The molecule has 0 N–H and O–H groups in total. The molecule has 0 unspecified atom stereocenters. The molecule has 0 aromatic heterocycles. The van der Waals surface area contributed by atoms with E-state index in [1.807, 2.05) is 0 Å². The maximum Gasteiger partial charge on any atom is 0.338 e. The van der Waals surface area contributed by atoms with Gasteiger partial charge in [-0.05, 0) is 91.0 Å². The van der Waals surface area contributed by atoms with Gasteiger partial charge in [-0.25, -0.2) is 4.79 Å². The molecule has 0 atom stereocenters. The van der Waals surface area contributed by atoms with Gasteiger partial charge in [0, 0.05) is 35.4 Å². The number of nitro benzene ring substituents is 2. The normalized spacial score (nSPS) is 11.7. The highest BCUT2D eigenvalue weighted by atomic mass is 16.6. The minimum absolute atomic E-state index is 0.0847. The number of rotatable bonds is 15. The molecule has 5 aromatic carbocycles. The van der Waals surface area contributed by atoms with Gasteiger partial charge in [-0.1, -0.05) is 0 Å². The second kappa shape index (κ2) is 16.3. The van der Waals surface area contributed by atoms with Gasteiger partial charge in [-0.15, -0.1) is 0 Å². The van der Waals surface area contributed by atoms with Crippen molar-refractivity contribution in [3.8, 4) is 23.0 Å². The molecule has 6 rings (SSSR count). The molecule has 1 aliphatic rings. The highest BCUT2D eigenvalue weighted by molar-refractivity contribution is 6.22. The van der Waals surface area contributed by atoms with E-state index in [9.17, 15) is 49.0 Å². The molecular weight excluding hydrogens is 734 g/mol. The van der Waals surface area contributed by atoms with Crippen LogP contribution in [-0.2, 0) is 14.3 Å². The van der Waals surface area contributed by atoms with Crippen LogP contribution in [0.4, 0.5) is 11.4 Å². The Balaban J connectivity index is 0.968. The summed E-state index contributed by atoms with van der Waals surface area (Å²) in [6.07, 6.45) is 0. The molecule has 0 saturated heterocycles. The molecule has 0 saturated carbocycles. The number of Topliss-reactive ketones (excluding diaryl/α,β-unsaturated/α-hetero) is 2. The molecule has 0 spiro atoms. The van der Waals surface area contributed by atoms with Crippen molar-refractivity contribution in [3.05, 3.63) is 163 Å². The summed E-state index contributed by atoms with van der Waals surface area (Å²) in [6, 6.07) is 26.0. The van der Waals surface area contributed by atoms with E-state index >= 15 is 0 Å². The van der Waals surface area contributed by atoms with Gasteiger partial charge in [0.1, 0.15) is 29.5 Å². The van der Waals surface area contributed by atoms with E-state index in [0.29, 0.717) is 27.9 Å². The molecule has 1 aliphatic heterocycles. The fourth-order valence-electron chi connectivity index (χ4n) is 5.22. The third kappa shape index (κ3) is 8.75. The van der Waals surface area contributed by atoms with Crippen molar-refractivity contribution in [1.29, 1.82) is 0 Å². The number of esters is 2. The number of ketones is 2. The van der Waals surface area contributed by atoms with Gasteiger partial charge in [0.15, 0.2) is 24.8 Å². The first-order valence-corrected chi connectivity index (χ1v) is 16.3. The predicted molar refractivity (Wildman–Crippen MR) is 191 cm³/mol. The molecule has 0 bridgehead atoms. The van der Waals surface area contributed by atoms with E-state index in [2.05, 4.69) is 0 Å². The summed E-state index contributed by atoms with van der Waals surface area (Å²) in [5.74, 6) is -3.51. The Kier molecular flexibility index (Phi) is 11.0. The smallest absolute Gasteiger partial charge is 0.338 e. The first-order chi connectivity index (χ1) is 26.9. The third-order valence-electron chi connectivity index (χ3n) is 8.11. The number of ether oxygens (including phenoxy) is 4. The fraction of sp³-hybridized carbons (Fsp3) is 0.0769. The Hall–Kier alpha value is -8.08. The zero-order chi connectivity index (χ0) is 39.9. The van der Waals surface area contributed by atoms with Crippen LogP contribution in [0, 0.1) is 20.2 Å². The third-order valence-corrected chi connectivity index (χ3v) is 8.11. The highest BCUT2D eigenvalue weighted by Crippen LogP contribution is 2.27. The minimum Gasteiger partial charge on any atom is -0.457 e. The van der Waals surface area contributed by atoms with Crippen molar-refractivity contribution < 1.29 is 57.6 Å². The summed E-state index contributed by atoms with van der Waals surface area (Å²) in [7, 11) is 0. The first-order valence-electron chi connectivity index (χ1n) is 16.3. The topological polar surface area (TPSA) is 229 Å². The quantitative estimate of drug-likeness (QED) is 0.0383. The molecule has 0 radical (unpaired) electrons. The zero-order valence-electron chi connectivity index (χ0n) is 28.6. The second-order valence-electron chi connectivity index (χ2n) is 11.8. The van der Waals surface area contributed by atoms with Crippen LogP contribution in [0.25, 0.3) is 0 Å². The minimum atomic E-state index is -1.05. The molecule has 280 valence electrons. The van der Waals surface area contributed by atoms with Gasteiger partial charge < -0.3 is 18.9 Å². The van der Waals surface area contributed by atoms with Crippen LogP contribution in [-0.4, -0.2) is 69.8 Å². The van der Waals surface area contributed by atoms with Crippen molar-refractivity contribution in [2.24, 2.45) is 0 Å². The lowest BCUT2D eigenvalue weighted by atomic mass is 10.1. The largest absolute Gasteiger partial charge is 0.457 e. The standard InChI is InChI=1S/C39H25N3O14/c43-34(23-1-10-28(11-2-23)55-30-14-6-26(7-15-30)41(49)50)21-53-36(45)20-40-37(46)32-18-5-25(19-33(32)38(40)47)39(48)54-22-35(44)24-3-12-29(13-4-24)56-31-16-8-27(9-17-31)42(51)52/h1-19H,20-22H2. The number of carbonyl (C=O) groups excluding carboxylic acids is 6. The monoisotopic (exact) mass is 759 g/mol. The Labute approximate surface area is 314 Å². The van der Waals surface area contributed by atoms with Gasteiger partial charge in [-0.2, -0.15) is 0 Å². The molecule has 17 heteroatoms. The number of non-ortho nitro benzene ring substituents is 2. The van der Waals surface area contributed by atoms with Gasteiger partial charge in [0.2, 0.25) is 0 Å². The zero-order valence-corrected chi connectivity index (χ0v) is 28.6. The number of amides is 2. The van der Waals surface area contributed by atoms with Gasteiger partial charge >= 0.3 is 11.9 Å². The van der Waals surface area contributed by atoms with Crippen LogP contribution in [0.2, 0.25) is 0 Å². The number of carbonyl (C=O) groups is 6. The summed E-state index contributed by atoms with van der Waals surface area (Å²) in [4.78, 5) is 97.8. The molecule has 2 amide bonds. The van der Waals surface area contributed by atoms with Crippen LogP contribution >= 0.6 is 0 Å². The summed E-state index contributed by atoms with van der Waals surface area (Å²) in [5, 5.41) is 21.6. The average molecular weight is 760 g/mol. The van der Waals surface area contributed by atoms with Crippen LogP contribution in [0.15, 0.2) is 115 Å². The number of nitro groups is 2. The molecule has 56 heavy (non-hydrogen) atoms. The second-order valence-corrected chi connectivity index (χ2v) is 11.8. The Morgan fingerprint density at radius 2 is 0.911 bits per heavy atom. The molecule has 17 nitrogen and oxygen atoms in total. The summed E-state index contributed by atoms with van der Waals surface area (Å²) in [5.41, 5.74) is -0.246. The lowest BCUT2D eigenvalue weighted by Gasteiger charge is -2.13. The molecule has 0 fully saturated rings. The summed E-state index contributed by atoms with van der Waals surface area (Å²) >= 11 is 0. The number of hydrogen-bond acceptors (Lipinski definition) is 14. The van der Waals surface area contributed by atoms with Crippen LogP contribution < -0.4 is 9.47 Å². The Bertz CT molecular complexity index is 2390. The average Bonchev–Trinajstić information content (AvgIpc) is 3.43. The predicted octanol–water partition coefficient (Wildman–Crippen LogP) is 6.15. The highest BCUT2D eigenvalue weighted by Gasteiger charge is 2.38. The van der Waals surface area contributed by atoms with E-state index in [1.165, 1.54) is 109 Å². The maximum atomic E-state index is 13.1. The van der Waals surface area contributed by atoms with E-state index in [-0.39, 0.29) is 39.2 Å². The summed E-state index contributed by atoms with van der Waals surface area (Å²) < 4.78 is 21.4.